The molecule has 3 aromatic rings. The van der Waals surface area contributed by atoms with Crippen molar-refractivity contribution in [1.29, 1.82) is 0 Å². The van der Waals surface area contributed by atoms with Gasteiger partial charge in [-0.1, -0.05) is 38.1 Å². The molecule has 30 heavy (non-hydrogen) atoms. The van der Waals surface area contributed by atoms with Gasteiger partial charge in [0, 0.05) is 16.4 Å². The highest BCUT2D eigenvalue weighted by atomic mass is 32.2. The molecule has 1 amide bonds. The van der Waals surface area contributed by atoms with Crippen LogP contribution in [0.5, 0.6) is 11.5 Å². The maximum absolute atomic E-state index is 13.2. The van der Waals surface area contributed by atoms with Gasteiger partial charge < -0.3 is 9.47 Å². The van der Waals surface area contributed by atoms with Crippen molar-refractivity contribution in [2.75, 3.05) is 13.7 Å². The lowest BCUT2D eigenvalue weighted by molar-refractivity contribution is 0.0977. The molecule has 0 unspecified atom stereocenters. The van der Waals surface area contributed by atoms with Gasteiger partial charge in [-0.2, -0.15) is 0 Å². The number of hydrogen-bond acceptors (Lipinski definition) is 6. The Hall–Kier alpha value is -3.13. The second-order valence-corrected chi connectivity index (χ2v) is 9.54. The molecule has 7 nitrogen and oxygen atoms in total. The number of aryl methyl sites for hydroxylation is 1. The monoisotopic (exact) mass is 426 g/mol. The van der Waals surface area contributed by atoms with Crippen LogP contribution in [0.4, 0.5) is 0 Å². The van der Waals surface area contributed by atoms with E-state index in [1.54, 1.807) is 24.3 Å². The molecule has 156 valence electrons. The minimum Gasteiger partial charge on any atom is -0.495 e. The number of fused-ring (bicyclic) bond motifs is 2. The predicted octanol–water partition coefficient (Wildman–Crippen LogP) is 3.34. The number of ether oxygens (including phenoxy) is 2. The molecule has 4 rings (SSSR count). The van der Waals surface area contributed by atoms with Crippen molar-refractivity contribution in [3.8, 4) is 11.5 Å². The topological polar surface area (TPSA) is 94.6 Å². The zero-order valence-electron chi connectivity index (χ0n) is 17.1. The highest BCUT2D eigenvalue weighted by molar-refractivity contribution is 7.90. The minimum absolute atomic E-state index is 0.00414. The summed E-state index contributed by atoms with van der Waals surface area (Å²) in [7, 11) is -2.91. The Kier molecular flexibility index (Phi) is 4.69. The maximum atomic E-state index is 13.2. The van der Waals surface area contributed by atoms with Crippen LogP contribution >= 0.6 is 0 Å². The number of carbonyl (C=O) groups excluding carboxylic acids is 1. The molecular formula is C22H22N2O5S. The smallest absolute Gasteiger partial charge is 0.283 e. The molecule has 0 saturated heterocycles. The first-order chi connectivity index (χ1) is 14.1. The molecule has 0 spiro atoms. The van der Waals surface area contributed by atoms with E-state index in [-0.39, 0.29) is 27.5 Å². The van der Waals surface area contributed by atoms with Gasteiger partial charge >= 0.3 is 0 Å². The van der Waals surface area contributed by atoms with Gasteiger partial charge in [0.1, 0.15) is 17.2 Å². The fraction of sp³-hybridized carbons (Fsp3) is 0.273. The molecule has 1 aromatic heterocycles. The molecule has 1 aliphatic heterocycles. The third-order valence-electron chi connectivity index (χ3n) is 5.28. The Balaban J connectivity index is 1.74. The molecule has 0 fully saturated rings. The van der Waals surface area contributed by atoms with Crippen molar-refractivity contribution in [2.24, 2.45) is 0 Å². The maximum Gasteiger partial charge on any atom is 0.283 e. The van der Waals surface area contributed by atoms with Crippen LogP contribution in [0.2, 0.25) is 0 Å². The molecule has 0 saturated carbocycles. The Labute approximate surface area is 175 Å². The predicted molar refractivity (Wildman–Crippen MR) is 113 cm³/mol. The number of aromatic nitrogens is 1. The first-order valence-corrected chi connectivity index (χ1v) is 10.9. The highest BCUT2D eigenvalue weighted by Gasteiger charge is 2.39. The number of nitrogens with one attached hydrogen (secondary N) is 1. The molecule has 8 heteroatoms. The largest absolute Gasteiger partial charge is 0.495 e. The van der Waals surface area contributed by atoms with E-state index in [0.29, 0.717) is 12.1 Å². The van der Waals surface area contributed by atoms with Crippen LogP contribution in [-0.2, 0) is 15.4 Å². The lowest BCUT2D eigenvalue weighted by Gasteiger charge is -2.17. The van der Waals surface area contributed by atoms with Gasteiger partial charge in [-0.05, 0) is 30.7 Å². The lowest BCUT2D eigenvalue weighted by Crippen LogP contribution is -2.31. The number of nitrogens with zero attached hydrogens (tertiary/aromatic N) is 1. The van der Waals surface area contributed by atoms with Crippen molar-refractivity contribution < 1.29 is 22.7 Å². The van der Waals surface area contributed by atoms with Gasteiger partial charge in [-0.15, -0.1) is 0 Å². The first-order valence-electron chi connectivity index (χ1n) is 9.42. The summed E-state index contributed by atoms with van der Waals surface area (Å²) < 4.78 is 39.4. The number of amides is 1. The number of benzene rings is 2. The van der Waals surface area contributed by atoms with Crippen LogP contribution in [0.25, 0.3) is 10.9 Å². The van der Waals surface area contributed by atoms with Crippen LogP contribution in [0.15, 0.2) is 47.4 Å². The van der Waals surface area contributed by atoms with Gasteiger partial charge in [-0.3, -0.25) is 4.79 Å². The van der Waals surface area contributed by atoms with E-state index in [2.05, 4.69) is 9.71 Å². The Morgan fingerprint density at radius 1 is 1.17 bits per heavy atom. The Bertz CT molecular complexity index is 1280. The van der Waals surface area contributed by atoms with E-state index in [4.69, 9.17) is 9.47 Å². The zero-order chi connectivity index (χ0) is 21.7. The number of carbonyl (C=O) groups is 1. The standard InChI is InChI=1S/C22H22N2O5S/c1-13-6-5-7-16-14(13)8-10-17(23-16)21(25)24-30(26,27)20-18(28-4)11-9-15-19(20)29-12-22(15,2)3/h5-11H,12H2,1-4H3,(H,24,25). The van der Waals surface area contributed by atoms with E-state index in [1.165, 1.54) is 13.2 Å². The molecule has 1 aliphatic rings. The fourth-order valence-corrected chi connectivity index (χ4v) is 4.91. The molecular weight excluding hydrogens is 404 g/mol. The Morgan fingerprint density at radius 3 is 2.67 bits per heavy atom. The summed E-state index contributed by atoms with van der Waals surface area (Å²) in [5.74, 6) is -0.508. The van der Waals surface area contributed by atoms with E-state index < -0.39 is 15.9 Å². The van der Waals surface area contributed by atoms with E-state index in [9.17, 15) is 13.2 Å². The highest BCUT2D eigenvalue weighted by Crippen LogP contribution is 2.46. The van der Waals surface area contributed by atoms with Crippen LogP contribution in [0.3, 0.4) is 0 Å². The van der Waals surface area contributed by atoms with Gasteiger partial charge in [0.25, 0.3) is 15.9 Å². The molecule has 1 N–H and O–H groups in total. The average molecular weight is 426 g/mol. The second kappa shape index (κ2) is 6.98. The minimum atomic E-state index is -4.28. The SMILES string of the molecule is COc1ccc2c(c1S(=O)(=O)NC(=O)c1ccc3c(C)cccc3n1)OCC2(C)C. The molecule has 0 atom stereocenters. The van der Waals surface area contributed by atoms with Crippen molar-refractivity contribution in [3.63, 3.8) is 0 Å². The molecule has 0 aliphatic carbocycles. The lowest BCUT2D eigenvalue weighted by atomic mass is 9.87. The number of methoxy groups -OCH3 is 1. The summed E-state index contributed by atoms with van der Waals surface area (Å²) in [6.07, 6.45) is 0. The molecule has 0 bridgehead atoms. The van der Waals surface area contributed by atoms with E-state index in [0.717, 1.165) is 16.5 Å². The normalized spacial score (nSPS) is 14.8. The number of pyridine rings is 1. The summed E-state index contributed by atoms with van der Waals surface area (Å²) in [4.78, 5) is 16.9. The molecule has 2 aromatic carbocycles. The van der Waals surface area contributed by atoms with Crippen LogP contribution in [-0.4, -0.2) is 33.0 Å². The third kappa shape index (κ3) is 3.27. The van der Waals surface area contributed by atoms with Crippen molar-refractivity contribution >= 4 is 26.8 Å². The van der Waals surface area contributed by atoms with Gasteiger partial charge in [0.2, 0.25) is 0 Å². The molecule has 0 radical (unpaired) electrons. The van der Waals surface area contributed by atoms with Crippen LogP contribution in [0, 0.1) is 6.92 Å². The summed E-state index contributed by atoms with van der Waals surface area (Å²) in [5.41, 5.74) is 2.03. The first kappa shape index (κ1) is 20.2. The summed E-state index contributed by atoms with van der Waals surface area (Å²) in [6.45, 7) is 6.19. The third-order valence-corrected chi connectivity index (χ3v) is 6.66. The van der Waals surface area contributed by atoms with Gasteiger partial charge in [0.05, 0.1) is 19.2 Å². The number of sulfonamides is 1. The number of rotatable bonds is 4. The fourth-order valence-electron chi connectivity index (χ4n) is 3.63. The van der Waals surface area contributed by atoms with Gasteiger partial charge in [0.15, 0.2) is 4.90 Å². The van der Waals surface area contributed by atoms with Crippen LogP contribution in [0.1, 0.15) is 35.5 Å². The van der Waals surface area contributed by atoms with Crippen molar-refractivity contribution in [3.05, 3.63) is 59.3 Å². The van der Waals surface area contributed by atoms with E-state index in [1.807, 2.05) is 32.9 Å². The van der Waals surface area contributed by atoms with Crippen molar-refractivity contribution in [1.82, 2.24) is 9.71 Å². The number of hydrogen-bond donors (Lipinski definition) is 1. The van der Waals surface area contributed by atoms with Gasteiger partial charge in [-0.25, -0.2) is 18.1 Å². The van der Waals surface area contributed by atoms with E-state index >= 15 is 0 Å². The quantitative estimate of drug-likeness (QED) is 0.688. The Morgan fingerprint density at radius 2 is 1.93 bits per heavy atom. The van der Waals surface area contributed by atoms with Crippen LogP contribution < -0.4 is 14.2 Å². The average Bonchev–Trinajstić information content (AvgIpc) is 3.01. The molecule has 2 heterocycles. The zero-order valence-corrected chi connectivity index (χ0v) is 18.0. The second-order valence-electron chi connectivity index (χ2n) is 7.92. The van der Waals surface area contributed by atoms with Crippen molar-refractivity contribution in [2.45, 2.75) is 31.1 Å². The summed E-state index contributed by atoms with van der Waals surface area (Å²) in [5, 5.41) is 0.898. The summed E-state index contributed by atoms with van der Waals surface area (Å²) >= 11 is 0. The summed E-state index contributed by atoms with van der Waals surface area (Å²) in [6, 6.07) is 12.2.